The quantitative estimate of drug-likeness (QED) is 0.673. The van der Waals surface area contributed by atoms with Crippen molar-refractivity contribution in [3.63, 3.8) is 0 Å². The van der Waals surface area contributed by atoms with Crippen molar-refractivity contribution < 1.29 is 17.9 Å². The lowest BCUT2D eigenvalue weighted by molar-refractivity contribution is 0.241. The molecule has 2 aromatic carbocycles. The zero-order chi connectivity index (χ0) is 13.8. The third-order valence-electron chi connectivity index (χ3n) is 2.39. The van der Waals surface area contributed by atoms with Gasteiger partial charge in [-0.1, -0.05) is 40.2 Å². The van der Waals surface area contributed by atoms with Crippen LogP contribution in [0.2, 0.25) is 0 Å². The molecular weight excluding hydrogens is 321 g/mol. The topological polar surface area (TPSA) is 9.23 Å². The molecule has 2 rings (SSSR count). The molecule has 0 spiro atoms. The molecule has 0 saturated carbocycles. The number of benzene rings is 2. The fourth-order valence-corrected chi connectivity index (χ4v) is 1.76. The molecule has 5 heteroatoms. The minimum Gasteiger partial charge on any atom is -0.428 e. The van der Waals surface area contributed by atoms with Crippen molar-refractivity contribution in [2.75, 3.05) is 0 Å². The second kappa shape index (κ2) is 5.93. The van der Waals surface area contributed by atoms with Gasteiger partial charge in [-0.15, -0.1) is 0 Å². The molecule has 0 aliphatic carbocycles. The van der Waals surface area contributed by atoms with E-state index in [0.29, 0.717) is 0 Å². The van der Waals surface area contributed by atoms with Gasteiger partial charge in [-0.05, 0) is 35.4 Å². The zero-order valence-electron chi connectivity index (χ0n) is 9.54. The Kier molecular flexibility index (Phi) is 4.27. The van der Waals surface area contributed by atoms with Gasteiger partial charge in [0, 0.05) is 4.47 Å². The largest absolute Gasteiger partial charge is 0.428 e. The first kappa shape index (κ1) is 13.7. The van der Waals surface area contributed by atoms with Gasteiger partial charge in [-0.3, -0.25) is 0 Å². The lowest BCUT2D eigenvalue weighted by Crippen LogP contribution is -1.90. The van der Waals surface area contributed by atoms with Crippen molar-refractivity contribution in [2.24, 2.45) is 0 Å². The van der Waals surface area contributed by atoms with Crippen molar-refractivity contribution in [1.29, 1.82) is 0 Å². The van der Waals surface area contributed by atoms with Gasteiger partial charge >= 0.3 is 12.1 Å². The molecule has 2 aromatic rings. The van der Waals surface area contributed by atoms with Crippen LogP contribution in [0.4, 0.5) is 13.2 Å². The molecule has 0 bridgehead atoms. The maximum absolute atomic E-state index is 12.6. The van der Waals surface area contributed by atoms with Crippen molar-refractivity contribution in [3.05, 3.63) is 65.1 Å². The van der Waals surface area contributed by atoms with Crippen molar-refractivity contribution in [1.82, 2.24) is 0 Å². The molecule has 19 heavy (non-hydrogen) atoms. The number of rotatable bonds is 3. The van der Waals surface area contributed by atoms with Gasteiger partial charge in [0.15, 0.2) is 0 Å². The van der Waals surface area contributed by atoms with E-state index >= 15 is 0 Å². The van der Waals surface area contributed by atoms with Gasteiger partial charge in [0.25, 0.3) is 0 Å². The highest BCUT2D eigenvalue weighted by Crippen LogP contribution is 2.25. The minimum absolute atomic E-state index is 0.0196. The lowest BCUT2D eigenvalue weighted by atomic mass is 10.1. The Balaban J connectivity index is 2.19. The second-order valence-electron chi connectivity index (χ2n) is 3.67. The predicted octanol–water partition coefficient (Wildman–Crippen LogP) is 5.53. The van der Waals surface area contributed by atoms with Crippen molar-refractivity contribution in [3.8, 4) is 16.9 Å². The van der Waals surface area contributed by atoms with Crippen LogP contribution in [-0.2, 0) is 0 Å². The smallest absolute Gasteiger partial charge is 0.344 e. The van der Waals surface area contributed by atoms with E-state index < -0.39 is 12.1 Å². The molecule has 0 aromatic heterocycles. The maximum Gasteiger partial charge on any atom is 0.344 e. The molecular formula is C14H8BrF3O. The third-order valence-corrected chi connectivity index (χ3v) is 2.92. The van der Waals surface area contributed by atoms with E-state index in [-0.39, 0.29) is 5.75 Å². The Morgan fingerprint density at radius 1 is 0.789 bits per heavy atom. The summed E-state index contributed by atoms with van der Waals surface area (Å²) in [4.78, 5) is 0. The van der Waals surface area contributed by atoms with E-state index in [1.54, 1.807) is 12.1 Å². The monoisotopic (exact) mass is 328 g/mol. The van der Waals surface area contributed by atoms with Crippen molar-refractivity contribution >= 4 is 15.9 Å². The zero-order valence-corrected chi connectivity index (χ0v) is 11.1. The molecule has 0 amide bonds. The summed E-state index contributed by atoms with van der Waals surface area (Å²) >= 11 is 3.33. The van der Waals surface area contributed by atoms with Crippen LogP contribution >= 0.6 is 15.9 Å². The predicted molar refractivity (Wildman–Crippen MR) is 70.6 cm³/mol. The van der Waals surface area contributed by atoms with Crippen LogP contribution in [0.15, 0.2) is 65.1 Å². The summed E-state index contributed by atoms with van der Waals surface area (Å²) in [7, 11) is 0. The molecule has 0 saturated heterocycles. The van der Waals surface area contributed by atoms with Crippen LogP contribution in [0.1, 0.15) is 0 Å². The summed E-state index contributed by atoms with van der Waals surface area (Å²) in [5.74, 6) is 0.0196. The van der Waals surface area contributed by atoms with E-state index in [4.69, 9.17) is 0 Å². The highest BCUT2D eigenvalue weighted by molar-refractivity contribution is 9.10. The standard InChI is InChI=1S/C14H8BrF3O/c15-11-5-1-9(2-6-11)10-3-7-12(8-4-10)19-14(18)13(16)17/h1-8H. The van der Waals surface area contributed by atoms with Gasteiger partial charge in [0.05, 0.1) is 0 Å². The fourth-order valence-electron chi connectivity index (χ4n) is 1.50. The molecule has 1 nitrogen and oxygen atoms in total. The van der Waals surface area contributed by atoms with Crippen LogP contribution in [0.3, 0.4) is 0 Å². The normalized spacial score (nSPS) is 10.1. The first-order valence-corrected chi connectivity index (χ1v) is 6.10. The average Bonchev–Trinajstić information content (AvgIpc) is 2.40. The Morgan fingerprint density at radius 3 is 1.74 bits per heavy atom. The Morgan fingerprint density at radius 2 is 1.26 bits per heavy atom. The molecule has 0 radical (unpaired) electrons. The van der Waals surface area contributed by atoms with E-state index in [1.807, 2.05) is 24.3 Å². The molecule has 0 unspecified atom stereocenters. The highest BCUT2D eigenvalue weighted by Gasteiger charge is 2.07. The van der Waals surface area contributed by atoms with E-state index in [1.165, 1.54) is 12.1 Å². The fraction of sp³-hybridized carbons (Fsp3) is 0. The molecule has 0 N–H and O–H groups in total. The van der Waals surface area contributed by atoms with Crippen LogP contribution < -0.4 is 4.74 Å². The van der Waals surface area contributed by atoms with E-state index in [2.05, 4.69) is 20.7 Å². The summed E-state index contributed by atoms with van der Waals surface area (Å²) in [6.45, 7) is 0. The van der Waals surface area contributed by atoms with Crippen LogP contribution in [0, 0.1) is 0 Å². The van der Waals surface area contributed by atoms with Crippen LogP contribution in [-0.4, -0.2) is 0 Å². The summed E-state index contributed by atoms with van der Waals surface area (Å²) in [6.07, 6.45) is -2.48. The van der Waals surface area contributed by atoms with Gasteiger partial charge in [-0.2, -0.15) is 13.2 Å². The number of hydrogen-bond donors (Lipinski definition) is 0. The Bertz CT molecular complexity index is 587. The number of halogens is 4. The molecule has 0 aliphatic rings. The van der Waals surface area contributed by atoms with Crippen molar-refractivity contribution in [2.45, 2.75) is 0 Å². The highest BCUT2D eigenvalue weighted by atomic mass is 79.9. The first-order valence-electron chi connectivity index (χ1n) is 5.31. The Hall–Kier alpha value is -1.75. The molecule has 0 fully saturated rings. The molecule has 0 aliphatic heterocycles. The average molecular weight is 329 g/mol. The summed E-state index contributed by atoms with van der Waals surface area (Å²) < 4.78 is 41.6. The van der Waals surface area contributed by atoms with E-state index in [0.717, 1.165) is 15.6 Å². The molecule has 0 heterocycles. The minimum atomic E-state index is -2.48. The number of hydrogen-bond acceptors (Lipinski definition) is 1. The van der Waals surface area contributed by atoms with Gasteiger partial charge in [-0.25, -0.2) is 0 Å². The first-order chi connectivity index (χ1) is 9.06. The third kappa shape index (κ3) is 3.61. The summed E-state index contributed by atoms with van der Waals surface area (Å²) in [6, 6.07) is 11.9. The van der Waals surface area contributed by atoms with E-state index in [9.17, 15) is 13.2 Å². The maximum atomic E-state index is 12.6. The Labute approximate surface area is 116 Å². The lowest BCUT2D eigenvalue weighted by Gasteiger charge is -2.05. The summed E-state index contributed by atoms with van der Waals surface area (Å²) in [5.41, 5.74) is 1.84. The van der Waals surface area contributed by atoms with Gasteiger partial charge < -0.3 is 4.74 Å². The number of ether oxygens (including phenoxy) is 1. The van der Waals surface area contributed by atoms with Gasteiger partial charge in [0.2, 0.25) is 0 Å². The summed E-state index contributed by atoms with van der Waals surface area (Å²) in [5, 5.41) is 0. The molecule has 98 valence electrons. The van der Waals surface area contributed by atoms with Gasteiger partial charge in [0.1, 0.15) is 5.75 Å². The van der Waals surface area contributed by atoms with Crippen LogP contribution in [0.25, 0.3) is 11.1 Å². The molecule has 0 atom stereocenters. The second-order valence-corrected chi connectivity index (χ2v) is 4.58. The SMILES string of the molecule is FC(F)=C(F)Oc1ccc(-c2ccc(Br)cc2)cc1. The van der Waals surface area contributed by atoms with Crippen LogP contribution in [0.5, 0.6) is 5.75 Å².